The largest absolute Gasteiger partial charge is 0.370 e. The highest BCUT2D eigenvalue weighted by atomic mass is 16.2. The number of hydrogen-bond donors (Lipinski definition) is 2. The second kappa shape index (κ2) is 4.71. The van der Waals surface area contributed by atoms with Crippen molar-refractivity contribution >= 4 is 11.8 Å². The first kappa shape index (κ1) is 9.94. The molecule has 0 spiro atoms. The van der Waals surface area contributed by atoms with Crippen molar-refractivity contribution in [1.29, 1.82) is 0 Å². The summed E-state index contributed by atoms with van der Waals surface area (Å²) in [4.78, 5) is 21.3. The zero-order valence-corrected chi connectivity index (χ0v) is 6.89. The number of carbonyl (C=O) groups excluding carboxylic acids is 2. The fourth-order valence-electron chi connectivity index (χ4n) is 0.743. The average Bonchev–Trinajstić information content (AvgIpc) is 1.86. The molecule has 0 aromatic carbocycles. The first-order valence-corrected chi connectivity index (χ1v) is 3.64. The van der Waals surface area contributed by atoms with Crippen molar-refractivity contribution in [3.8, 4) is 0 Å². The van der Waals surface area contributed by atoms with Crippen LogP contribution >= 0.6 is 0 Å². The van der Waals surface area contributed by atoms with Crippen molar-refractivity contribution in [2.45, 2.75) is 20.3 Å². The Morgan fingerprint density at radius 1 is 1.55 bits per heavy atom. The number of primary amides is 1. The quantitative estimate of drug-likeness (QED) is 0.586. The van der Waals surface area contributed by atoms with Crippen molar-refractivity contribution < 1.29 is 9.59 Å². The Bertz CT molecular complexity index is 157. The van der Waals surface area contributed by atoms with E-state index in [0.29, 0.717) is 6.54 Å². The van der Waals surface area contributed by atoms with Crippen LogP contribution < -0.4 is 11.1 Å². The molecule has 1 atom stereocenters. The molecule has 64 valence electrons. The monoisotopic (exact) mass is 158 g/mol. The van der Waals surface area contributed by atoms with E-state index in [2.05, 4.69) is 5.32 Å². The van der Waals surface area contributed by atoms with Gasteiger partial charge in [0.25, 0.3) is 0 Å². The number of carbonyl (C=O) groups is 2. The first-order valence-electron chi connectivity index (χ1n) is 3.64. The summed E-state index contributed by atoms with van der Waals surface area (Å²) in [6.07, 6.45) is 0.117. The van der Waals surface area contributed by atoms with Gasteiger partial charge in [0, 0.05) is 18.9 Å². The number of hydrogen-bond acceptors (Lipinski definition) is 2. The zero-order valence-electron chi connectivity index (χ0n) is 6.89. The van der Waals surface area contributed by atoms with Crippen LogP contribution in [0, 0.1) is 5.92 Å². The normalized spacial score (nSPS) is 12.2. The fourth-order valence-corrected chi connectivity index (χ4v) is 0.743. The molecule has 2 amide bonds. The van der Waals surface area contributed by atoms with Crippen LogP contribution in [-0.4, -0.2) is 18.4 Å². The molecule has 0 fully saturated rings. The van der Waals surface area contributed by atoms with E-state index in [0.717, 1.165) is 0 Å². The Morgan fingerprint density at radius 2 is 2.09 bits per heavy atom. The summed E-state index contributed by atoms with van der Waals surface area (Å²) < 4.78 is 0. The lowest BCUT2D eigenvalue weighted by atomic mass is 10.1. The molecule has 0 radical (unpaired) electrons. The van der Waals surface area contributed by atoms with Crippen molar-refractivity contribution in [3.05, 3.63) is 0 Å². The molecule has 4 heteroatoms. The summed E-state index contributed by atoms with van der Waals surface area (Å²) in [5, 5.41) is 2.60. The molecule has 11 heavy (non-hydrogen) atoms. The molecule has 0 unspecified atom stereocenters. The van der Waals surface area contributed by atoms with Crippen LogP contribution in [-0.2, 0) is 9.59 Å². The van der Waals surface area contributed by atoms with Crippen LogP contribution in [0.1, 0.15) is 20.3 Å². The molecule has 0 saturated heterocycles. The lowest BCUT2D eigenvalue weighted by molar-refractivity contribution is -0.128. The Labute approximate surface area is 66.1 Å². The Balaban J connectivity index is 3.73. The van der Waals surface area contributed by atoms with E-state index < -0.39 is 5.91 Å². The third-order valence-corrected chi connectivity index (χ3v) is 1.31. The summed E-state index contributed by atoms with van der Waals surface area (Å²) in [6.45, 7) is 4.09. The second-order valence-electron chi connectivity index (χ2n) is 2.47. The molecule has 0 heterocycles. The highest BCUT2D eigenvalue weighted by Gasteiger charge is 2.13. The third kappa shape index (κ3) is 4.36. The molecule has 0 rings (SSSR count). The van der Waals surface area contributed by atoms with Gasteiger partial charge in [-0.15, -0.1) is 0 Å². The van der Waals surface area contributed by atoms with Crippen LogP contribution in [0.4, 0.5) is 0 Å². The van der Waals surface area contributed by atoms with E-state index in [4.69, 9.17) is 5.73 Å². The van der Waals surface area contributed by atoms with E-state index in [1.165, 1.54) is 0 Å². The van der Waals surface area contributed by atoms with Crippen molar-refractivity contribution in [2.24, 2.45) is 11.7 Å². The molecule has 0 aliphatic carbocycles. The predicted octanol–water partition coefficient (Wildman–Crippen LogP) is -0.366. The maximum Gasteiger partial charge on any atom is 0.223 e. The summed E-state index contributed by atoms with van der Waals surface area (Å²) >= 11 is 0. The Hall–Kier alpha value is -1.06. The Morgan fingerprint density at radius 3 is 2.45 bits per heavy atom. The number of rotatable bonds is 4. The van der Waals surface area contributed by atoms with Crippen LogP contribution in [0.3, 0.4) is 0 Å². The van der Waals surface area contributed by atoms with Crippen LogP contribution in [0.2, 0.25) is 0 Å². The fraction of sp³-hybridized carbons (Fsp3) is 0.714. The minimum Gasteiger partial charge on any atom is -0.370 e. The van der Waals surface area contributed by atoms with E-state index >= 15 is 0 Å². The molecular formula is C7H14N2O2. The highest BCUT2D eigenvalue weighted by molar-refractivity contribution is 5.84. The van der Waals surface area contributed by atoms with Crippen LogP contribution in [0.5, 0.6) is 0 Å². The molecule has 3 N–H and O–H groups in total. The molecule has 0 saturated carbocycles. The highest BCUT2D eigenvalue weighted by Crippen LogP contribution is 1.99. The molecule has 0 aromatic rings. The van der Waals surface area contributed by atoms with Crippen molar-refractivity contribution in [3.63, 3.8) is 0 Å². The van der Waals surface area contributed by atoms with Crippen molar-refractivity contribution in [2.75, 3.05) is 6.54 Å². The lowest BCUT2D eigenvalue weighted by Gasteiger charge is -2.07. The van der Waals surface area contributed by atoms with Gasteiger partial charge in [-0.3, -0.25) is 9.59 Å². The van der Waals surface area contributed by atoms with Crippen LogP contribution in [0.25, 0.3) is 0 Å². The van der Waals surface area contributed by atoms with Gasteiger partial charge in [0.05, 0.1) is 0 Å². The molecule has 4 nitrogen and oxygen atoms in total. The lowest BCUT2D eigenvalue weighted by Crippen LogP contribution is -2.31. The maximum atomic E-state index is 11.0. The van der Waals surface area contributed by atoms with E-state index in [9.17, 15) is 9.59 Å². The van der Waals surface area contributed by atoms with Gasteiger partial charge in [-0.2, -0.15) is 0 Å². The molecular weight excluding hydrogens is 144 g/mol. The molecule has 0 bridgehead atoms. The smallest absolute Gasteiger partial charge is 0.223 e. The molecule has 0 aromatic heterocycles. The standard InChI is InChI=1S/C7H14N2O2/c1-3-9-7(11)5(2)4-6(8)10/h5H,3-4H2,1-2H3,(H2,8,10)(H,9,11)/t5-/m0/s1. The topological polar surface area (TPSA) is 72.2 Å². The van der Waals surface area contributed by atoms with Gasteiger partial charge in [0.15, 0.2) is 0 Å². The summed E-state index contributed by atoms with van der Waals surface area (Å²) in [5.74, 6) is -0.873. The van der Waals surface area contributed by atoms with E-state index in [1.54, 1.807) is 6.92 Å². The van der Waals surface area contributed by atoms with Gasteiger partial charge in [0.1, 0.15) is 0 Å². The summed E-state index contributed by atoms with van der Waals surface area (Å²) in [6, 6.07) is 0. The minimum atomic E-state index is -0.441. The second-order valence-corrected chi connectivity index (χ2v) is 2.47. The van der Waals surface area contributed by atoms with Crippen LogP contribution in [0.15, 0.2) is 0 Å². The first-order chi connectivity index (χ1) is 5.07. The summed E-state index contributed by atoms with van der Waals surface area (Å²) in [7, 11) is 0. The summed E-state index contributed by atoms with van der Waals surface area (Å²) in [5.41, 5.74) is 4.91. The van der Waals surface area contributed by atoms with Gasteiger partial charge >= 0.3 is 0 Å². The maximum absolute atomic E-state index is 11.0. The minimum absolute atomic E-state index is 0.117. The zero-order chi connectivity index (χ0) is 8.85. The van der Waals surface area contributed by atoms with Gasteiger partial charge in [-0.25, -0.2) is 0 Å². The molecule has 0 aliphatic rings. The number of amides is 2. The van der Waals surface area contributed by atoms with E-state index in [1.807, 2.05) is 6.92 Å². The van der Waals surface area contributed by atoms with Crippen molar-refractivity contribution in [1.82, 2.24) is 5.32 Å². The van der Waals surface area contributed by atoms with Gasteiger partial charge in [0.2, 0.25) is 11.8 Å². The predicted molar refractivity (Wildman–Crippen MR) is 41.7 cm³/mol. The third-order valence-electron chi connectivity index (χ3n) is 1.31. The molecule has 0 aliphatic heterocycles. The number of nitrogens with two attached hydrogens (primary N) is 1. The average molecular weight is 158 g/mol. The van der Waals surface area contributed by atoms with Gasteiger partial charge in [-0.05, 0) is 6.92 Å². The van der Waals surface area contributed by atoms with Gasteiger partial charge < -0.3 is 11.1 Å². The SMILES string of the molecule is CCNC(=O)[C@@H](C)CC(N)=O. The Kier molecular flexibility index (Phi) is 4.26. The van der Waals surface area contributed by atoms with Gasteiger partial charge in [-0.1, -0.05) is 6.92 Å². The van der Waals surface area contributed by atoms with E-state index in [-0.39, 0.29) is 18.2 Å². The number of nitrogens with one attached hydrogen (secondary N) is 1.